The molecule has 1 aliphatic rings. The van der Waals surface area contributed by atoms with Crippen LogP contribution < -0.4 is 10.6 Å². The maximum atomic E-state index is 12.5. The molecule has 0 fully saturated rings. The van der Waals surface area contributed by atoms with E-state index in [2.05, 4.69) is 15.6 Å². The Balaban J connectivity index is 1.35. The summed E-state index contributed by atoms with van der Waals surface area (Å²) < 4.78 is 29.9. The molecule has 0 bridgehead atoms. The van der Waals surface area contributed by atoms with Crippen LogP contribution in [0.5, 0.6) is 0 Å². The van der Waals surface area contributed by atoms with Crippen molar-refractivity contribution in [3.8, 4) is 0 Å². The second-order valence-electron chi connectivity index (χ2n) is 9.82. The average molecular weight is 529 g/mol. The van der Waals surface area contributed by atoms with E-state index >= 15 is 0 Å². The van der Waals surface area contributed by atoms with Crippen LogP contribution in [-0.2, 0) is 25.8 Å². The highest BCUT2D eigenvalue weighted by atomic mass is 32.2. The molecule has 200 valence electrons. The number of nitrogens with one attached hydrogen (secondary N) is 2. The summed E-state index contributed by atoms with van der Waals surface area (Å²) in [6.45, 7) is 7.73. The number of amides is 1. The molecule has 0 aromatic heterocycles. The van der Waals surface area contributed by atoms with Crippen LogP contribution in [0.25, 0.3) is 0 Å². The van der Waals surface area contributed by atoms with E-state index in [0.717, 1.165) is 17.5 Å². The Morgan fingerprint density at radius 1 is 1.00 bits per heavy atom. The zero-order valence-electron chi connectivity index (χ0n) is 21.7. The van der Waals surface area contributed by atoms with E-state index in [9.17, 15) is 18.0 Å². The number of hydrogen-bond donors (Lipinski definition) is 2. The number of benzene rings is 2. The fourth-order valence-electron chi connectivity index (χ4n) is 3.70. The molecule has 2 aromatic rings. The molecule has 0 saturated carbocycles. The number of ether oxygens (including phenoxy) is 1. The van der Waals surface area contributed by atoms with Crippen LogP contribution in [0.4, 0.5) is 4.79 Å². The van der Waals surface area contributed by atoms with E-state index in [0.29, 0.717) is 32.0 Å². The van der Waals surface area contributed by atoms with Crippen LogP contribution >= 0.6 is 0 Å². The van der Waals surface area contributed by atoms with Crippen LogP contribution in [-0.4, -0.2) is 75.2 Å². The fourth-order valence-corrected chi connectivity index (χ4v) is 4.86. The van der Waals surface area contributed by atoms with Crippen molar-refractivity contribution in [1.29, 1.82) is 0 Å². The summed E-state index contributed by atoms with van der Waals surface area (Å²) in [6, 6.07) is 16.1. The third kappa shape index (κ3) is 9.07. The van der Waals surface area contributed by atoms with E-state index in [1.54, 1.807) is 35.2 Å². The summed E-state index contributed by atoms with van der Waals surface area (Å²) in [5.41, 5.74) is 1.39. The number of amidine groups is 1. The van der Waals surface area contributed by atoms with Gasteiger partial charge in [0.05, 0.1) is 24.5 Å². The fraction of sp³-hybridized carbons (Fsp3) is 0.444. The maximum Gasteiger partial charge on any atom is 0.416 e. The van der Waals surface area contributed by atoms with Crippen molar-refractivity contribution in [1.82, 2.24) is 15.5 Å². The Hall–Kier alpha value is -3.08. The van der Waals surface area contributed by atoms with Gasteiger partial charge in [0.1, 0.15) is 23.1 Å². The molecule has 37 heavy (non-hydrogen) atoms. The number of carbonyl (C=O) groups is 2. The summed E-state index contributed by atoms with van der Waals surface area (Å²) in [6.07, 6.45) is 0.598. The molecule has 0 saturated heterocycles. The lowest BCUT2D eigenvalue weighted by atomic mass is 10.1. The highest BCUT2D eigenvalue weighted by Gasteiger charge is 2.29. The molecular weight excluding hydrogens is 492 g/mol. The quantitative estimate of drug-likeness (QED) is 0.407. The van der Waals surface area contributed by atoms with Crippen LogP contribution in [0.1, 0.15) is 38.3 Å². The largest absolute Gasteiger partial charge is 0.443 e. The van der Waals surface area contributed by atoms with Gasteiger partial charge in [-0.25, -0.2) is 13.2 Å². The lowest BCUT2D eigenvalue weighted by Crippen LogP contribution is -2.39. The van der Waals surface area contributed by atoms with E-state index < -0.39 is 21.5 Å². The number of ketones is 1. The number of aliphatic imine (C=N–C) groups is 1. The molecule has 0 radical (unpaired) electrons. The van der Waals surface area contributed by atoms with Gasteiger partial charge >= 0.3 is 6.09 Å². The van der Waals surface area contributed by atoms with Gasteiger partial charge in [0.15, 0.2) is 9.84 Å². The van der Waals surface area contributed by atoms with Gasteiger partial charge in [-0.15, -0.1) is 0 Å². The minimum absolute atomic E-state index is 0.0152. The number of rotatable bonds is 12. The summed E-state index contributed by atoms with van der Waals surface area (Å²) >= 11 is 0. The zero-order chi connectivity index (χ0) is 26.9. The Morgan fingerprint density at radius 2 is 1.70 bits per heavy atom. The van der Waals surface area contributed by atoms with Gasteiger partial charge in [0, 0.05) is 18.5 Å². The molecule has 2 aromatic carbocycles. The third-order valence-corrected chi connectivity index (χ3v) is 7.13. The molecular formula is C27H36N4O5S. The van der Waals surface area contributed by atoms with Crippen LogP contribution in [0.15, 0.2) is 64.5 Å². The highest BCUT2D eigenvalue weighted by molar-refractivity contribution is 7.91. The first-order valence-corrected chi connectivity index (χ1v) is 14.1. The highest BCUT2D eigenvalue weighted by Crippen LogP contribution is 2.17. The van der Waals surface area contributed by atoms with Gasteiger partial charge in [-0.1, -0.05) is 42.5 Å². The van der Waals surface area contributed by atoms with E-state index in [1.165, 1.54) is 0 Å². The van der Waals surface area contributed by atoms with Gasteiger partial charge in [-0.05, 0) is 51.4 Å². The first kappa shape index (κ1) is 28.5. The molecule has 3 rings (SSSR count). The summed E-state index contributed by atoms with van der Waals surface area (Å²) in [4.78, 5) is 30.9. The van der Waals surface area contributed by atoms with Crippen molar-refractivity contribution in [2.24, 2.45) is 4.99 Å². The van der Waals surface area contributed by atoms with Gasteiger partial charge in [-0.2, -0.15) is 0 Å². The lowest BCUT2D eigenvalue weighted by molar-refractivity contribution is -0.118. The second kappa shape index (κ2) is 12.9. The SMILES string of the molecule is CC(C)(C)OC(=O)N1CCN=C1c1ccc(CCNCC(=O)CCNCS(=O)(=O)c2ccccc2)cc1. The monoisotopic (exact) mass is 528 g/mol. The Bertz CT molecular complexity index is 1190. The van der Waals surface area contributed by atoms with Crippen molar-refractivity contribution in [2.75, 3.05) is 38.6 Å². The summed E-state index contributed by atoms with van der Waals surface area (Å²) in [5.74, 6) is 0.437. The first-order chi connectivity index (χ1) is 17.5. The number of hydrogen-bond acceptors (Lipinski definition) is 8. The molecule has 1 aliphatic heterocycles. The standard InChI is InChI=1S/C27H36N4O5S/c1-27(2,3)36-26(33)31-18-17-30-25(31)22-11-9-21(10-12-22)13-15-28-19-23(32)14-16-29-20-37(34,35)24-7-5-4-6-8-24/h4-12,28-29H,13-20H2,1-3H3. The Morgan fingerprint density at radius 3 is 2.38 bits per heavy atom. The predicted molar refractivity (Wildman–Crippen MR) is 143 cm³/mol. The normalized spacial score (nSPS) is 13.9. The zero-order valence-corrected chi connectivity index (χ0v) is 22.5. The molecule has 1 heterocycles. The van der Waals surface area contributed by atoms with Gasteiger partial charge < -0.3 is 15.4 Å². The van der Waals surface area contributed by atoms with Crippen molar-refractivity contribution in [3.63, 3.8) is 0 Å². The van der Waals surface area contributed by atoms with Crippen molar-refractivity contribution in [3.05, 3.63) is 65.7 Å². The maximum absolute atomic E-state index is 12.5. The molecule has 10 heteroatoms. The molecule has 0 atom stereocenters. The van der Waals surface area contributed by atoms with Crippen LogP contribution in [0.3, 0.4) is 0 Å². The first-order valence-electron chi connectivity index (χ1n) is 12.4. The van der Waals surface area contributed by atoms with Crippen molar-refractivity contribution in [2.45, 2.75) is 44.1 Å². The molecule has 0 aliphatic carbocycles. The topological polar surface area (TPSA) is 117 Å². The van der Waals surface area contributed by atoms with E-state index in [1.807, 2.05) is 45.0 Å². The number of sulfone groups is 1. The van der Waals surface area contributed by atoms with Crippen molar-refractivity contribution >= 4 is 27.5 Å². The van der Waals surface area contributed by atoms with Gasteiger partial charge in [0.2, 0.25) is 0 Å². The Kier molecular flexibility index (Phi) is 9.96. The van der Waals surface area contributed by atoms with Crippen LogP contribution in [0.2, 0.25) is 0 Å². The van der Waals surface area contributed by atoms with Crippen molar-refractivity contribution < 1.29 is 22.7 Å². The molecule has 9 nitrogen and oxygen atoms in total. The Labute approximate surface area is 219 Å². The van der Waals surface area contributed by atoms with E-state index in [-0.39, 0.29) is 29.5 Å². The van der Waals surface area contributed by atoms with Gasteiger partial charge in [-0.3, -0.25) is 14.7 Å². The minimum atomic E-state index is -3.40. The van der Waals surface area contributed by atoms with E-state index in [4.69, 9.17) is 4.74 Å². The second-order valence-corrected chi connectivity index (χ2v) is 11.8. The third-order valence-electron chi connectivity index (χ3n) is 5.55. The number of Topliss-reactive ketones (excluding diaryl/α,β-unsaturated/α-hetero) is 1. The molecule has 0 spiro atoms. The smallest absolute Gasteiger partial charge is 0.416 e. The summed E-state index contributed by atoms with van der Waals surface area (Å²) in [7, 11) is -3.40. The molecule has 1 amide bonds. The number of nitrogens with zero attached hydrogens (tertiary/aromatic N) is 2. The average Bonchev–Trinajstić information content (AvgIpc) is 3.35. The summed E-state index contributed by atoms with van der Waals surface area (Å²) in [5, 5.41) is 5.98. The van der Waals surface area contributed by atoms with Gasteiger partial charge in [0.25, 0.3) is 0 Å². The number of carbonyl (C=O) groups excluding carboxylic acids is 2. The molecule has 2 N–H and O–H groups in total. The lowest BCUT2D eigenvalue weighted by Gasteiger charge is -2.25. The minimum Gasteiger partial charge on any atom is -0.443 e. The van der Waals surface area contributed by atoms with Crippen LogP contribution in [0, 0.1) is 0 Å². The predicted octanol–water partition coefficient (Wildman–Crippen LogP) is 2.80. The molecule has 0 unspecified atom stereocenters.